The largest absolute Gasteiger partial charge is 0.465 e. The number of hydrogen-bond donors (Lipinski definition) is 0. The predicted octanol–water partition coefficient (Wildman–Crippen LogP) is 3.82. The van der Waals surface area contributed by atoms with Crippen LogP contribution in [-0.4, -0.2) is 54.9 Å². The lowest BCUT2D eigenvalue weighted by Crippen LogP contribution is -2.31. The van der Waals surface area contributed by atoms with E-state index < -0.39 is 11.9 Å². The Bertz CT molecular complexity index is 901. The molecule has 1 aliphatic carbocycles. The minimum Gasteiger partial charge on any atom is -0.465 e. The highest BCUT2D eigenvalue weighted by Gasteiger charge is 2.34. The summed E-state index contributed by atoms with van der Waals surface area (Å²) in [6, 6.07) is 6.96. The van der Waals surface area contributed by atoms with Gasteiger partial charge >= 0.3 is 11.9 Å². The number of Topliss-reactive ketones (excluding diaryl/α,β-unsaturated/α-hetero) is 1. The molecule has 0 unspecified atom stereocenters. The van der Waals surface area contributed by atoms with Crippen molar-refractivity contribution >= 4 is 35.2 Å². The van der Waals surface area contributed by atoms with Gasteiger partial charge in [-0.05, 0) is 36.3 Å². The molecule has 0 bridgehead atoms. The lowest BCUT2D eigenvalue weighted by atomic mass is 9.84. The summed E-state index contributed by atoms with van der Waals surface area (Å²) in [4.78, 5) is 39.2. The lowest BCUT2D eigenvalue weighted by molar-refractivity contribution is -0.138. The third kappa shape index (κ3) is 4.61. The summed E-state index contributed by atoms with van der Waals surface area (Å²) < 4.78 is 10.3. The minimum atomic E-state index is -0.413. The zero-order valence-corrected chi connectivity index (χ0v) is 18.5. The maximum absolute atomic E-state index is 13.0. The molecular weight excluding hydrogens is 402 g/mol. The van der Waals surface area contributed by atoms with Gasteiger partial charge in [0.05, 0.1) is 23.9 Å². The van der Waals surface area contributed by atoms with Crippen molar-refractivity contribution in [2.24, 2.45) is 0 Å². The molecule has 0 saturated carbocycles. The first-order chi connectivity index (χ1) is 14.5. The van der Waals surface area contributed by atoms with Gasteiger partial charge in [0, 0.05) is 36.9 Å². The molecule has 1 aromatic carbocycles. The van der Waals surface area contributed by atoms with Crippen LogP contribution in [0.3, 0.4) is 0 Å². The summed E-state index contributed by atoms with van der Waals surface area (Å²) in [7, 11) is 3.23. The first-order valence-electron chi connectivity index (χ1n) is 10.1. The number of nitrogens with zero attached hydrogens (tertiary/aromatic N) is 1. The van der Waals surface area contributed by atoms with E-state index in [1.165, 1.54) is 7.11 Å². The fourth-order valence-corrected chi connectivity index (χ4v) is 4.38. The molecule has 0 N–H and O–H groups in total. The summed E-state index contributed by atoms with van der Waals surface area (Å²) >= 11 is 1.71. The molecule has 0 amide bonds. The van der Waals surface area contributed by atoms with Crippen molar-refractivity contribution in [3.05, 3.63) is 52.2 Å². The van der Waals surface area contributed by atoms with Gasteiger partial charge in [0.15, 0.2) is 5.78 Å². The molecule has 30 heavy (non-hydrogen) atoms. The third-order valence-electron chi connectivity index (χ3n) is 5.37. The maximum Gasteiger partial charge on any atom is 0.337 e. The number of carbonyl (C=O) groups excluding carboxylic acids is 3. The molecule has 0 spiro atoms. The highest BCUT2D eigenvalue weighted by molar-refractivity contribution is 7.99. The molecule has 0 saturated heterocycles. The molecule has 1 heterocycles. The number of rotatable bonds is 7. The highest BCUT2D eigenvalue weighted by atomic mass is 32.2. The smallest absolute Gasteiger partial charge is 0.337 e. The van der Waals surface area contributed by atoms with Crippen LogP contribution in [0.2, 0.25) is 0 Å². The van der Waals surface area contributed by atoms with Crippen LogP contribution in [0.15, 0.2) is 41.1 Å². The van der Waals surface area contributed by atoms with Crippen molar-refractivity contribution in [1.29, 1.82) is 0 Å². The number of benzene rings is 1. The minimum absolute atomic E-state index is 0.107. The van der Waals surface area contributed by atoms with Crippen LogP contribution >= 0.6 is 11.8 Å². The zero-order chi connectivity index (χ0) is 21.7. The van der Waals surface area contributed by atoms with E-state index >= 15 is 0 Å². The van der Waals surface area contributed by atoms with Crippen LogP contribution in [-0.2, 0) is 19.1 Å². The SMILES string of the molecule is CCSCCOC(=O)C1=C(c2ccc(C(=O)OC)cc2)N(C)C2=C(C1)C(=O)CCC2. The fourth-order valence-electron chi connectivity index (χ4n) is 3.89. The Kier molecular flexibility index (Phi) is 7.37. The van der Waals surface area contributed by atoms with E-state index in [9.17, 15) is 14.4 Å². The zero-order valence-electron chi connectivity index (χ0n) is 17.7. The molecule has 2 aliphatic rings. The summed E-state index contributed by atoms with van der Waals surface area (Å²) in [6.45, 7) is 2.39. The molecule has 160 valence electrons. The number of ketones is 1. The van der Waals surface area contributed by atoms with E-state index in [0.29, 0.717) is 29.7 Å². The second-order valence-corrected chi connectivity index (χ2v) is 8.56. The summed E-state index contributed by atoms with van der Waals surface area (Å²) in [5.74, 6) is 1.00. The van der Waals surface area contributed by atoms with Crippen molar-refractivity contribution in [3.8, 4) is 0 Å². The van der Waals surface area contributed by atoms with Crippen LogP contribution in [0.25, 0.3) is 5.70 Å². The van der Waals surface area contributed by atoms with Gasteiger partial charge in [-0.1, -0.05) is 19.1 Å². The number of methoxy groups -OCH3 is 1. The number of hydrogen-bond acceptors (Lipinski definition) is 7. The van der Waals surface area contributed by atoms with Crippen LogP contribution < -0.4 is 0 Å². The van der Waals surface area contributed by atoms with Crippen LogP contribution in [0.4, 0.5) is 0 Å². The van der Waals surface area contributed by atoms with Crippen LogP contribution in [0, 0.1) is 0 Å². The summed E-state index contributed by atoms with van der Waals surface area (Å²) in [5.41, 5.74) is 4.13. The predicted molar refractivity (Wildman–Crippen MR) is 117 cm³/mol. The monoisotopic (exact) mass is 429 g/mol. The number of allylic oxidation sites excluding steroid dienone is 2. The van der Waals surface area contributed by atoms with Crippen LogP contribution in [0.1, 0.15) is 48.5 Å². The Hall–Kier alpha value is -2.54. The Morgan fingerprint density at radius 2 is 1.87 bits per heavy atom. The van der Waals surface area contributed by atoms with Gasteiger partial charge in [0.2, 0.25) is 0 Å². The molecule has 1 aliphatic heterocycles. The van der Waals surface area contributed by atoms with E-state index in [4.69, 9.17) is 9.47 Å². The second-order valence-electron chi connectivity index (χ2n) is 7.17. The average Bonchev–Trinajstić information content (AvgIpc) is 2.76. The molecule has 0 atom stereocenters. The first kappa shape index (κ1) is 22.2. The van der Waals surface area contributed by atoms with Crippen molar-refractivity contribution in [3.63, 3.8) is 0 Å². The quantitative estimate of drug-likeness (QED) is 0.482. The maximum atomic E-state index is 13.0. The summed E-state index contributed by atoms with van der Waals surface area (Å²) in [6.07, 6.45) is 2.42. The van der Waals surface area contributed by atoms with Gasteiger partial charge in [-0.2, -0.15) is 11.8 Å². The molecule has 6 nitrogen and oxygen atoms in total. The Labute approximate surface area is 181 Å². The van der Waals surface area contributed by atoms with Gasteiger partial charge in [-0.15, -0.1) is 0 Å². The molecule has 0 radical (unpaired) electrons. The number of ether oxygens (including phenoxy) is 2. The van der Waals surface area contributed by atoms with E-state index in [-0.39, 0.29) is 12.2 Å². The Balaban J connectivity index is 1.97. The van der Waals surface area contributed by atoms with Gasteiger partial charge in [0.1, 0.15) is 6.61 Å². The lowest BCUT2D eigenvalue weighted by Gasteiger charge is -2.36. The van der Waals surface area contributed by atoms with Gasteiger partial charge in [-0.25, -0.2) is 9.59 Å². The van der Waals surface area contributed by atoms with E-state index in [1.54, 1.807) is 36.0 Å². The summed E-state index contributed by atoms with van der Waals surface area (Å²) in [5, 5.41) is 0. The Morgan fingerprint density at radius 3 is 2.53 bits per heavy atom. The van der Waals surface area contributed by atoms with Gasteiger partial charge < -0.3 is 14.4 Å². The standard InChI is InChI=1S/C23H27NO5S/c1-4-30-13-12-29-23(27)18-14-17-19(6-5-7-20(17)25)24(2)21(18)15-8-10-16(11-9-15)22(26)28-3/h8-11H,4-7,12-14H2,1-3H3. The van der Waals surface area contributed by atoms with Gasteiger partial charge in [-0.3, -0.25) is 4.79 Å². The van der Waals surface area contributed by atoms with E-state index in [2.05, 4.69) is 6.92 Å². The topological polar surface area (TPSA) is 72.9 Å². The molecule has 0 fully saturated rings. The molecule has 3 rings (SSSR count). The van der Waals surface area contributed by atoms with Crippen LogP contribution in [0.5, 0.6) is 0 Å². The fraction of sp³-hybridized carbons (Fsp3) is 0.435. The van der Waals surface area contributed by atoms with E-state index in [0.717, 1.165) is 41.3 Å². The second kappa shape index (κ2) is 9.98. The first-order valence-corrected chi connectivity index (χ1v) is 11.3. The van der Waals surface area contributed by atoms with Crippen molar-refractivity contribution in [2.45, 2.75) is 32.6 Å². The van der Waals surface area contributed by atoms with Gasteiger partial charge in [0.25, 0.3) is 0 Å². The normalized spacial score (nSPS) is 16.5. The van der Waals surface area contributed by atoms with Crippen molar-refractivity contribution in [2.75, 3.05) is 32.3 Å². The molecule has 1 aromatic rings. The van der Waals surface area contributed by atoms with Crippen molar-refractivity contribution in [1.82, 2.24) is 4.90 Å². The Morgan fingerprint density at radius 1 is 1.13 bits per heavy atom. The van der Waals surface area contributed by atoms with E-state index in [1.807, 2.05) is 11.9 Å². The number of thioether (sulfide) groups is 1. The van der Waals surface area contributed by atoms with Crippen molar-refractivity contribution < 1.29 is 23.9 Å². The number of esters is 2. The number of carbonyl (C=O) groups is 3. The highest BCUT2D eigenvalue weighted by Crippen LogP contribution is 2.40. The molecule has 0 aromatic heterocycles. The third-order valence-corrected chi connectivity index (χ3v) is 6.24. The molecular formula is C23H27NO5S. The average molecular weight is 430 g/mol. The molecule has 7 heteroatoms.